The molecule has 0 saturated heterocycles. The van der Waals surface area contributed by atoms with Gasteiger partial charge in [-0.15, -0.1) is 0 Å². The largest absolute Gasteiger partial charge is 0.480 e. The Morgan fingerprint density at radius 2 is 2.20 bits per heavy atom. The van der Waals surface area contributed by atoms with E-state index in [2.05, 4.69) is 9.98 Å². The van der Waals surface area contributed by atoms with Gasteiger partial charge in [-0.05, 0) is 26.0 Å². The summed E-state index contributed by atoms with van der Waals surface area (Å²) in [5, 5.41) is 8.99. The molecule has 0 fully saturated rings. The number of carboxylic acids is 1. The van der Waals surface area contributed by atoms with Crippen LogP contribution in [0.4, 0.5) is 5.69 Å². The molecule has 0 saturated carbocycles. The lowest BCUT2D eigenvalue weighted by Gasteiger charge is -2.07. The van der Waals surface area contributed by atoms with E-state index in [0.29, 0.717) is 17.1 Å². The molecule has 0 radical (unpaired) electrons. The fourth-order valence-corrected chi connectivity index (χ4v) is 1.97. The summed E-state index contributed by atoms with van der Waals surface area (Å²) in [5.41, 5.74) is 2.73. The van der Waals surface area contributed by atoms with Crippen molar-refractivity contribution in [2.24, 2.45) is 4.99 Å². The fourth-order valence-electron chi connectivity index (χ4n) is 1.97. The molecular formula is C14H13N3O3. The van der Waals surface area contributed by atoms with E-state index in [0.717, 1.165) is 11.4 Å². The smallest absolute Gasteiger partial charge is 0.323 e. The SMILES string of the molecule is Cc1nc(-c2cccc(N=C=O)c2)n(CC(=O)O)c1C. The first-order chi connectivity index (χ1) is 9.52. The Balaban J connectivity index is 2.57. The molecule has 0 aliphatic heterocycles. The van der Waals surface area contributed by atoms with E-state index in [1.54, 1.807) is 28.8 Å². The number of hydrogen-bond acceptors (Lipinski definition) is 4. The van der Waals surface area contributed by atoms with Gasteiger partial charge in [0.15, 0.2) is 0 Å². The van der Waals surface area contributed by atoms with E-state index >= 15 is 0 Å². The maximum atomic E-state index is 11.0. The number of carbonyl (C=O) groups is 1. The summed E-state index contributed by atoms with van der Waals surface area (Å²) in [7, 11) is 0. The van der Waals surface area contributed by atoms with Crippen molar-refractivity contribution in [3.05, 3.63) is 35.7 Å². The molecule has 2 aromatic rings. The van der Waals surface area contributed by atoms with Crippen LogP contribution in [0, 0.1) is 13.8 Å². The number of aliphatic carboxylic acids is 1. The highest BCUT2D eigenvalue weighted by Crippen LogP contribution is 2.25. The maximum Gasteiger partial charge on any atom is 0.323 e. The van der Waals surface area contributed by atoms with Crippen molar-refractivity contribution in [1.29, 1.82) is 0 Å². The zero-order valence-corrected chi connectivity index (χ0v) is 11.1. The second-order valence-electron chi connectivity index (χ2n) is 4.34. The number of isocyanates is 1. The molecule has 2 rings (SSSR count). The number of carboxylic acid groups (broad SMARTS) is 1. The molecule has 102 valence electrons. The molecule has 0 atom stereocenters. The van der Waals surface area contributed by atoms with E-state index in [4.69, 9.17) is 5.11 Å². The van der Waals surface area contributed by atoms with Crippen LogP contribution in [0.2, 0.25) is 0 Å². The van der Waals surface area contributed by atoms with Crippen LogP contribution in [-0.2, 0) is 16.1 Å². The summed E-state index contributed by atoms with van der Waals surface area (Å²) in [6.45, 7) is 3.48. The number of benzene rings is 1. The predicted molar refractivity (Wildman–Crippen MR) is 72.6 cm³/mol. The van der Waals surface area contributed by atoms with E-state index < -0.39 is 5.97 Å². The number of nitrogens with zero attached hydrogens (tertiary/aromatic N) is 3. The van der Waals surface area contributed by atoms with E-state index in [-0.39, 0.29) is 6.54 Å². The number of aryl methyl sites for hydroxylation is 1. The molecule has 1 heterocycles. The number of imidazole rings is 1. The lowest BCUT2D eigenvalue weighted by Crippen LogP contribution is -2.11. The highest BCUT2D eigenvalue weighted by molar-refractivity contribution is 5.69. The second kappa shape index (κ2) is 5.50. The van der Waals surface area contributed by atoms with Crippen molar-refractivity contribution in [2.45, 2.75) is 20.4 Å². The van der Waals surface area contributed by atoms with Crippen LogP contribution >= 0.6 is 0 Å². The van der Waals surface area contributed by atoms with Crippen LogP contribution in [0.1, 0.15) is 11.4 Å². The Morgan fingerprint density at radius 3 is 2.85 bits per heavy atom. The Hall–Kier alpha value is -2.72. The molecular weight excluding hydrogens is 258 g/mol. The molecule has 6 nitrogen and oxygen atoms in total. The highest BCUT2D eigenvalue weighted by atomic mass is 16.4. The molecule has 0 unspecified atom stereocenters. The third-order valence-corrected chi connectivity index (χ3v) is 3.03. The van der Waals surface area contributed by atoms with Crippen molar-refractivity contribution in [3.8, 4) is 11.4 Å². The number of aromatic nitrogens is 2. The normalized spacial score (nSPS) is 10.1. The number of carbonyl (C=O) groups excluding carboxylic acids is 1. The van der Waals surface area contributed by atoms with Crippen LogP contribution in [0.25, 0.3) is 11.4 Å². The average molecular weight is 271 g/mol. The average Bonchev–Trinajstić information content (AvgIpc) is 2.67. The molecule has 1 aromatic carbocycles. The van der Waals surface area contributed by atoms with Gasteiger partial charge in [-0.2, -0.15) is 4.99 Å². The van der Waals surface area contributed by atoms with Gasteiger partial charge in [0, 0.05) is 11.3 Å². The van der Waals surface area contributed by atoms with Crippen LogP contribution in [0.5, 0.6) is 0 Å². The number of hydrogen-bond donors (Lipinski definition) is 1. The van der Waals surface area contributed by atoms with Gasteiger partial charge in [-0.3, -0.25) is 4.79 Å². The highest BCUT2D eigenvalue weighted by Gasteiger charge is 2.15. The minimum Gasteiger partial charge on any atom is -0.480 e. The monoisotopic (exact) mass is 271 g/mol. The van der Waals surface area contributed by atoms with Gasteiger partial charge in [0.2, 0.25) is 6.08 Å². The Bertz CT molecular complexity index is 712. The van der Waals surface area contributed by atoms with Crippen LogP contribution < -0.4 is 0 Å². The Kier molecular flexibility index (Phi) is 3.77. The van der Waals surface area contributed by atoms with Crippen molar-refractivity contribution in [3.63, 3.8) is 0 Å². The minimum absolute atomic E-state index is 0.164. The quantitative estimate of drug-likeness (QED) is 0.682. The number of aliphatic imine (C=N–C) groups is 1. The zero-order valence-electron chi connectivity index (χ0n) is 11.1. The Labute approximate surface area is 115 Å². The molecule has 0 bridgehead atoms. The standard InChI is InChI=1S/C14H13N3O3/c1-9-10(2)17(7-13(19)20)14(16-9)11-4-3-5-12(6-11)15-8-18/h3-6H,7H2,1-2H3,(H,19,20). The zero-order chi connectivity index (χ0) is 14.7. The molecule has 0 aliphatic carbocycles. The van der Waals surface area contributed by atoms with Crippen LogP contribution in [0.3, 0.4) is 0 Å². The number of rotatable bonds is 4. The first kappa shape index (κ1) is 13.7. The van der Waals surface area contributed by atoms with E-state index in [1.807, 2.05) is 13.8 Å². The lowest BCUT2D eigenvalue weighted by atomic mass is 10.2. The maximum absolute atomic E-state index is 11.0. The third-order valence-electron chi connectivity index (χ3n) is 3.03. The Morgan fingerprint density at radius 1 is 1.45 bits per heavy atom. The molecule has 0 aliphatic rings. The third kappa shape index (κ3) is 2.65. The summed E-state index contributed by atoms with van der Waals surface area (Å²) in [4.78, 5) is 29.2. The molecule has 20 heavy (non-hydrogen) atoms. The lowest BCUT2D eigenvalue weighted by molar-refractivity contribution is -0.137. The summed E-state index contributed by atoms with van der Waals surface area (Å²) < 4.78 is 1.63. The van der Waals surface area contributed by atoms with Gasteiger partial charge in [-0.1, -0.05) is 12.1 Å². The molecule has 0 amide bonds. The van der Waals surface area contributed by atoms with Gasteiger partial charge in [0.25, 0.3) is 0 Å². The summed E-state index contributed by atoms with van der Waals surface area (Å²) >= 11 is 0. The second-order valence-corrected chi connectivity index (χ2v) is 4.34. The molecule has 1 aromatic heterocycles. The van der Waals surface area contributed by atoms with Gasteiger partial charge in [-0.25, -0.2) is 9.78 Å². The first-order valence-corrected chi connectivity index (χ1v) is 5.96. The van der Waals surface area contributed by atoms with Gasteiger partial charge >= 0.3 is 5.97 Å². The van der Waals surface area contributed by atoms with E-state index in [1.165, 1.54) is 6.08 Å². The molecule has 1 N–H and O–H groups in total. The molecule has 6 heteroatoms. The summed E-state index contributed by atoms with van der Waals surface area (Å²) in [6.07, 6.45) is 1.48. The van der Waals surface area contributed by atoms with Crippen molar-refractivity contribution >= 4 is 17.7 Å². The van der Waals surface area contributed by atoms with Gasteiger partial charge in [0.1, 0.15) is 12.4 Å². The minimum atomic E-state index is -0.936. The van der Waals surface area contributed by atoms with Gasteiger partial charge in [0.05, 0.1) is 11.4 Å². The summed E-state index contributed by atoms with van der Waals surface area (Å²) in [5.74, 6) is -0.390. The van der Waals surface area contributed by atoms with Crippen molar-refractivity contribution in [2.75, 3.05) is 0 Å². The van der Waals surface area contributed by atoms with E-state index in [9.17, 15) is 9.59 Å². The van der Waals surface area contributed by atoms with Crippen LogP contribution in [0.15, 0.2) is 29.3 Å². The molecule has 0 spiro atoms. The predicted octanol–water partition coefficient (Wildman–Crippen LogP) is 2.22. The van der Waals surface area contributed by atoms with Crippen molar-refractivity contribution in [1.82, 2.24) is 9.55 Å². The van der Waals surface area contributed by atoms with Crippen LogP contribution in [-0.4, -0.2) is 26.7 Å². The van der Waals surface area contributed by atoms with Crippen molar-refractivity contribution < 1.29 is 14.7 Å². The van der Waals surface area contributed by atoms with Gasteiger partial charge < -0.3 is 9.67 Å². The topological polar surface area (TPSA) is 84.5 Å². The fraction of sp³-hybridized carbons (Fsp3) is 0.214. The summed E-state index contributed by atoms with van der Waals surface area (Å²) in [6, 6.07) is 6.86. The first-order valence-electron chi connectivity index (χ1n) is 5.96.